The van der Waals surface area contributed by atoms with Gasteiger partial charge in [0.2, 0.25) is 0 Å². The summed E-state index contributed by atoms with van der Waals surface area (Å²) in [6.07, 6.45) is 3.47. The molecule has 0 fully saturated rings. The maximum absolute atomic E-state index is 4.76. The van der Waals surface area contributed by atoms with Gasteiger partial charge in [0, 0.05) is 11.9 Å². The maximum atomic E-state index is 4.76. The molecule has 0 N–H and O–H groups in total. The second kappa shape index (κ2) is 6.10. The molecule has 1 heterocycles. The van der Waals surface area contributed by atoms with Crippen LogP contribution in [0.5, 0.6) is 0 Å². The van der Waals surface area contributed by atoms with Gasteiger partial charge in [0.25, 0.3) is 0 Å². The monoisotopic (exact) mass is 287 g/mol. The van der Waals surface area contributed by atoms with Crippen LogP contribution in [0, 0.1) is 24.7 Å². The first-order valence-electron chi connectivity index (χ1n) is 8.74. The lowest BCUT2D eigenvalue weighted by Crippen LogP contribution is -2.15. The van der Waals surface area contributed by atoms with Crippen molar-refractivity contribution >= 4 is 0 Å². The van der Waals surface area contributed by atoms with Gasteiger partial charge in [-0.15, -0.1) is 0 Å². The van der Waals surface area contributed by atoms with E-state index in [0.29, 0.717) is 23.7 Å². The molecule has 0 aliphatic heterocycles. The molecule has 1 aliphatic rings. The Bertz CT molecular complexity index is 501. The first-order chi connectivity index (χ1) is 9.75. The molecule has 1 aliphatic carbocycles. The van der Waals surface area contributed by atoms with Gasteiger partial charge in [0.05, 0.1) is 0 Å². The molecule has 0 bridgehead atoms. The first kappa shape index (κ1) is 16.5. The molecule has 1 aromatic rings. The minimum absolute atomic E-state index is 0.559. The smallest absolute Gasteiger partial charge is 0.0410 e. The van der Waals surface area contributed by atoms with Crippen molar-refractivity contribution in [3.05, 3.63) is 28.6 Å². The van der Waals surface area contributed by atoms with Crippen molar-refractivity contribution in [2.24, 2.45) is 17.8 Å². The lowest BCUT2D eigenvalue weighted by Gasteiger charge is -2.28. The third kappa shape index (κ3) is 2.89. The third-order valence-corrected chi connectivity index (χ3v) is 5.95. The normalized spacial score (nSPS) is 29.6. The van der Waals surface area contributed by atoms with Crippen LogP contribution in [0.15, 0.2) is 6.20 Å². The number of aryl methyl sites for hydroxylation is 1. The summed E-state index contributed by atoms with van der Waals surface area (Å²) in [5, 5.41) is 0. The Hall–Kier alpha value is -0.850. The molecule has 21 heavy (non-hydrogen) atoms. The molecule has 118 valence electrons. The quantitative estimate of drug-likeness (QED) is 0.605. The van der Waals surface area contributed by atoms with Crippen LogP contribution in [-0.4, -0.2) is 4.98 Å². The summed E-state index contributed by atoms with van der Waals surface area (Å²) < 4.78 is 0. The summed E-state index contributed by atoms with van der Waals surface area (Å²) in [6.45, 7) is 18.9. The Morgan fingerprint density at radius 2 is 1.67 bits per heavy atom. The highest BCUT2D eigenvalue weighted by Gasteiger charge is 2.35. The lowest BCUT2D eigenvalue weighted by atomic mass is 9.77. The zero-order chi connectivity index (χ0) is 15.9. The zero-order valence-corrected chi connectivity index (χ0v) is 15.2. The van der Waals surface area contributed by atoms with Crippen LogP contribution in [0.1, 0.15) is 95.0 Å². The molecule has 0 saturated carbocycles. The average molecular weight is 287 g/mol. The van der Waals surface area contributed by atoms with Crippen molar-refractivity contribution in [1.82, 2.24) is 4.98 Å². The summed E-state index contributed by atoms with van der Waals surface area (Å²) in [7, 11) is 0. The van der Waals surface area contributed by atoms with Gasteiger partial charge in [-0.05, 0) is 65.5 Å². The predicted octanol–water partition coefficient (Wildman–Crippen LogP) is 6.03. The van der Waals surface area contributed by atoms with E-state index < -0.39 is 0 Å². The molecule has 1 unspecified atom stereocenters. The first-order valence-corrected chi connectivity index (χ1v) is 8.74. The molecule has 2 rings (SSSR count). The van der Waals surface area contributed by atoms with Crippen LogP contribution in [0.2, 0.25) is 0 Å². The van der Waals surface area contributed by atoms with Crippen LogP contribution < -0.4 is 0 Å². The van der Waals surface area contributed by atoms with Crippen LogP contribution >= 0.6 is 0 Å². The molecule has 0 aromatic carbocycles. The van der Waals surface area contributed by atoms with Gasteiger partial charge in [-0.2, -0.15) is 0 Å². The third-order valence-electron chi connectivity index (χ3n) is 5.95. The van der Waals surface area contributed by atoms with E-state index in [9.17, 15) is 0 Å². The average Bonchev–Trinajstić information content (AvgIpc) is 2.50. The molecule has 0 radical (unpaired) electrons. The Morgan fingerprint density at radius 1 is 1.05 bits per heavy atom. The second-order valence-corrected chi connectivity index (χ2v) is 7.99. The molecule has 1 heteroatoms. The lowest BCUT2D eigenvalue weighted by molar-refractivity contribution is 0.298. The zero-order valence-electron chi connectivity index (χ0n) is 15.2. The Labute approximate surface area is 131 Å². The van der Waals surface area contributed by atoms with Gasteiger partial charge < -0.3 is 0 Å². The molecule has 0 spiro atoms. The molecular weight excluding hydrogens is 254 g/mol. The van der Waals surface area contributed by atoms with Crippen LogP contribution in [0.3, 0.4) is 0 Å². The van der Waals surface area contributed by atoms with E-state index in [4.69, 9.17) is 4.98 Å². The van der Waals surface area contributed by atoms with Crippen molar-refractivity contribution < 1.29 is 0 Å². The standard InChI is InChI=1S/C20H33N/c1-11(2)17-9-13(5)14(6)15(7)19-16(8)21-10-18(12(3)4)20(17)19/h10-15,17H,9H2,1-8H3/t13-,14-,15-,17?/m0/s1. The van der Waals surface area contributed by atoms with Gasteiger partial charge in [-0.1, -0.05) is 48.5 Å². The van der Waals surface area contributed by atoms with Gasteiger partial charge in [0.1, 0.15) is 0 Å². The number of pyridine rings is 1. The van der Waals surface area contributed by atoms with E-state index in [0.717, 1.165) is 11.8 Å². The minimum atomic E-state index is 0.559. The Balaban J connectivity index is 2.74. The van der Waals surface area contributed by atoms with E-state index in [1.165, 1.54) is 17.7 Å². The Morgan fingerprint density at radius 3 is 2.19 bits per heavy atom. The van der Waals surface area contributed by atoms with E-state index in [1.807, 2.05) is 0 Å². The number of nitrogens with zero attached hydrogens (tertiary/aromatic N) is 1. The fourth-order valence-electron chi connectivity index (χ4n) is 4.20. The summed E-state index contributed by atoms with van der Waals surface area (Å²) in [6, 6.07) is 0. The highest BCUT2D eigenvalue weighted by atomic mass is 14.7. The number of aromatic nitrogens is 1. The van der Waals surface area contributed by atoms with Crippen molar-refractivity contribution in [3.63, 3.8) is 0 Å². The van der Waals surface area contributed by atoms with E-state index in [-0.39, 0.29) is 0 Å². The predicted molar refractivity (Wildman–Crippen MR) is 92.0 cm³/mol. The summed E-state index contributed by atoms with van der Waals surface area (Å²) >= 11 is 0. The summed E-state index contributed by atoms with van der Waals surface area (Å²) in [4.78, 5) is 4.76. The minimum Gasteiger partial charge on any atom is -0.261 e. The fraction of sp³-hybridized carbons (Fsp3) is 0.750. The summed E-state index contributed by atoms with van der Waals surface area (Å²) in [5.74, 6) is 4.06. The molecular formula is C20H33N. The summed E-state index contributed by atoms with van der Waals surface area (Å²) in [5.41, 5.74) is 5.96. The van der Waals surface area contributed by atoms with Crippen LogP contribution in [0.25, 0.3) is 0 Å². The fourth-order valence-corrected chi connectivity index (χ4v) is 4.20. The molecule has 1 nitrogen and oxygen atoms in total. The number of hydrogen-bond acceptors (Lipinski definition) is 1. The Kier molecular flexibility index (Phi) is 4.80. The maximum Gasteiger partial charge on any atom is 0.0410 e. The van der Waals surface area contributed by atoms with Crippen LogP contribution in [-0.2, 0) is 0 Å². The highest BCUT2D eigenvalue weighted by molar-refractivity contribution is 5.44. The molecule has 0 amide bonds. The SMILES string of the molecule is Cc1ncc(C(C)C)c2c1[C@@H](C)[C@@H](C)[C@@H](C)CC2C(C)C. The largest absolute Gasteiger partial charge is 0.261 e. The van der Waals surface area contributed by atoms with Crippen molar-refractivity contribution in [3.8, 4) is 0 Å². The van der Waals surface area contributed by atoms with Crippen molar-refractivity contribution in [1.29, 1.82) is 0 Å². The topological polar surface area (TPSA) is 12.9 Å². The van der Waals surface area contributed by atoms with E-state index in [1.54, 1.807) is 11.1 Å². The highest BCUT2D eigenvalue weighted by Crippen LogP contribution is 2.48. The van der Waals surface area contributed by atoms with E-state index in [2.05, 4.69) is 61.6 Å². The van der Waals surface area contributed by atoms with Gasteiger partial charge >= 0.3 is 0 Å². The molecule has 0 saturated heterocycles. The molecule has 4 atom stereocenters. The molecule has 1 aromatic heterocycles. The number of rotatable bonds is 2. The van der Waals surface area contributed by atoms with Crippen molar-refractivity contribution in [2.75, 3.05) is 0 Å². The van der Waals surface area contributed by atoms with Gasteiger partial charge in [-0.3, -0.25) is 4.98 Å². The second-order valence-electron chi connectivity index (χ2n) is 7.99. The van der Waals surface area contributed by atoms with Crippen molar-refractivity contribution in [2.45, 2.75) is 79.6 Å². The number of fused-ring (bicyclic) bond motifs is 1. The van der Waals surface area contributed by atoms with E-state index >= 15 is 0 Å². The van der Waals surface area contributed by atoms with Gasteiger partial charge in [0.15, 0.2) is 0 Å². The van der Waals surface area contributed by atoms with Gasteiger partial charge in [-0.25, -0.2) is 0 Å². The van der Waals surface area contributed by atoms with Crippen LogP contribution in [0.4, 0.5) is 0 Å². The number of hydrogen-bond donors (Lipinski definition) is 0.